The maximum Gasteiger partial charge on any atom is 0.265 e. The summed E-state index contributed by atoms with van der Waals surface area (Å²) in [5.41, 5.74) is 6.73. The molecule has 0 atom stereocenters. The predicted molar refractivity (Wildman–Crippen MR) is 224 cm³/mol. The first-order valence-corrected chi connectivity index (χ1v) is 19.2. The molecule has 274 valence electrons. The van der Waals surface area contributed by atoms with Crippen molar-refractivity contribution in [2.24, 2.45) is 0 Å². The molecule has 1 heterocycles. The molecule has 2 amide bonds. The van der Waals surface area contributed by atoms with Gasteiger partial charge in [0.25, 0.3) is 11.8 Å². The van der Waals surface area contributed by atoms with Crippen molar-refractivity contribution < 1.29 is 19.2 Å². The van der Waals surface area contributed by atoms with Crippen LogP contribution in [0.5, 0.6) is 0 Å². The summed E-state index contributed by atoms with van der Waals surface area (Å²) in [6, 6.07) is 27.6. The molecule has 0 saturated carbocycles. The van der Waals surface area contributed by atoms with Crippen molar-refractivity contribution in [3.05, 3.63) is 135 Å². The molecule has 0 saturated heterocycles. The van der Waals surface area contributed by atoms with E-state index in [1.807, 2.05) is 73.7 Å². The van der Waals surface area contributed by atoms with E-state index in [4.69, 9.17) is 0 Å². The summed E-state index contributed by atoms with van der Waals surface area (Å²) in [7, 11) is 0. The summed E-state index contributed by atoms with van der Waals surface area (Å²) < 4.78 is 0. The minimum atomic E-state index is -0.917. The first kappa shape index (κ1) is 35.0. The van der Waals surface area contributed by atoms with Crippen LogP contribution in [0, 0.1) is 6.92 Å². The molecule has 0 fully saturated rings. The number of ketones is 2. The molecule has 7 aromatic rings. The van der Waals surface area contributed by atoms with Gasteiger partial charge in [-0.15, -0.1) is 0 Å². The second kappa shape index (κ2) is 11.2. The van der Waals surface area contributed by atoms with Crippen LogP contribution in [-0.2, 0) is 16.2 Å². The first-order chi connectivity index (χ1) is 25.8. The van der Waals surface area contributed by atoms with E-state index >= 15 is 0 Å². The van der Waals surface area contributed by atoms with Crippen LogP contribution in [0.1, 0.15) is 137 Å². The van der Waals surface area contributed by atoms with E-state index < -0.39 is 5.92 Å². The number of fused-ring (bicyclic) bond motifs is 2. The van der Waals surface area contributed by atoms with Crippen molar-refractivity contribution in [2.45, 2.75) is 91.4 Å². The Morgan fingerprint density at radius 1 is 0.455 bits per heavy atom. The van der Waals surface area contributed by atoms with Gasteiger partial charge in [-0.05, 0) is 102 Å². The summed E-state index contributed by atoms with van der Waals surface area (Å²) in [6.07, 6.45) is 0. The minimum absolute atomic E-state index is 0.142. The van der Waals surface area contributed by atoms with Gasteiger partial charge in [-0.1, -0.05) is 129 Å². The molecule has 5 heteroatoms. The average molecular weight is 724 g/mol. The van der Waals surface area contributed by atoms with E-state index in [9.17, 15) is 19.2 Å². The number of anilines is 1. The van der Waals surface area contributed by atoms with Crippen LogP contribution in [-0.4, -0.2) is 23.4 Å². The molecule has 7 aromatic carbocycles. The predicted octanol–water partition coefficient (Wildman–Crippen LogP) is 11.9. The van der Waals surface area contributed by atoms with Crippen molar-refractivity contribution in [3.63, 3.8) is 0 Å². The third-order valence-electron chi connectivity index (χ3n) is 12.2. The van der Waals surface area contributed by atoms with E-state index in [0.29, 0.717) is 38.7 Å². The number of carbonyl (C=O) groups is 4. The fourth-order valence-corrected chi connectivity index (χ4v) is 9.16. The molecule has 0 aromatic heterocycles. The maximum absolute atomic E-state index is 14.7. The Labute approximate surface area is 321 Å². The third kappa shape index (κ3) is 4.84. The number of hydrogen-bond donors (Lipinski definition) is 0. The number of Topliss-reactive ketones (excluding diaryl/α,β-unsaturated/α-hetero) is 2. The molecule has 55 heavy (non-hydrogen) atoms. The Morgan fingerprint density at radius 2 is 0.873 bits per heavy atom. The SMILES string of the molecule is Cc1ccc(C(C)(C)C)cc1C1C(=O)c2ccc3c4ccc5c6c(ccc(c7ccc(c2c37)C1=O)c64)C(=O)N(c1cc(C(C)(C)C)ccc1C(C)(C)C)C5=O. The van der Waals surface area contributed by atoms with E-state index in [-0.39, 0.29) is 39.6 Å². The summed E-state index contributed by atoms with van der Waals surface area (Å²) in [4.78, 5) is 59.8. The largest absolute Gasteiger partial charge is 0.293 e. The highest BCUT2D eigenvalue weighted by Crippen LogP contribution is 2.49. The van der Waals surface area contributed by atoms with Gasteiger partial charge >= 0.3 is 0 Å². The van der Waals surface area contributed by atoms with E-state index in [1.165, 1.54) is 4.90 Å². The summed E-state index contributed by atoms with van der Waals surface area (Å²) in [5.74, 6) is -1.98. The van der Waals surface area contributed by atoms with Crippen molar-refractivity contribution in [1.29, 1.82) is 0 Å². The molecule has 0 unspecified atom stereocenters. The molecule has 0 N–H and O–H groups in total. The number of amides is 2. The maximum atomic E-state index is 14.7. The van der Waals surface area contributed by atoms with E-state index in [1.54, 1.807) is 0 Å². The zero-order chi connectivity index (χ0) is 39.3. The van der Waals surface area contributed by atoms with Crippen molar-refractivity contribution in [1.82, 2.24) is 0 Å². The summed E-state index contributed by atoms with van der Waals surface area (Å²) in [5, 5.41) is 6.53. The second-order valence-corrected chi connectivity index (χ2v) is 18.8. The van der Waals surface area contributed by atoms with Gasteiger partial charge < -0.3 is 0 Å². The lowest BCUT2D eigenvalue weighted by Gasteiger charge is -2.34. The van der Waals surface area contributed by atoms with E-state index in [0.717, 1.165) is 60.1 Å². The van der Waals surface area contributed by atoms with Crippen molar-refractivity contribution in [3.8, 4) is 0 Å². The zero-order valence-electron chi connectivity index (χ0n) is 33.2. The fraction of sp³-hybridized carbons (Fsp3) is 0.280. The number of rotatable bonds is 2. The first-order valence-electron chi connectivity index (χ1n) is 19.2. The van der Waals surface area contributed by atoms with Gasteiger partial charge in [-0.2, -0.15) is 0 Å². The van der Waals surface area contributed by atoms with Crippen LogP contribution in [0.3, 0.4) is 0 Å². The third-order valence-corrected chi connectivity index (χ3v) is 12.2. The highest BCUT2D eigenvalue weighted by atomic mass is 16.2. The quantitative estimate of drug-likeness (QED) is 0.0770. The highest BCUT2D eigenvalue weighted by molar-refractivity contribution is 6.44. The Bertz CT molecular complexity index is 2790. The Balaban J connectivity index is 1.25. The van der Waals surface area contributed by atoms with Gasteiger partial charge in [0.15, 0.2) is 11.6 Å². The fourth-order valence-electron chi connectivity index (χ4n) is 9.16. The molecule has 2 aliphatic rings. The smallest absolute Gasteiger partial charge is 0.265 e. The monoisotopic (exact) mass is 723 g/mol. The number of aryl methyl sites for hydroxylation is 1. The minimum Gasteiger partial charge on any atom is -0.293 e. The molecule has 0 radical (unpaired) electrons. The molecule has 1 aliphatic carbocycles. The standard InChI is InChI=1S/C50H45NO4/c1-25-11-12-26(48(2,3)4)23-36(25)43-44(52)32-18-14-28-30-16-20-34-42-35(21-17-31(40(30)42)29-15-19-33(45(43)53)41(32)39(28)29)47(55)51(46(34)54)38-24-27(49(5,6)7)13-22-37(38)50(8,9)10/h11-24,43H,1-10H3. The Morgan fingerprint density at radius 3 is 1.33 bits per heavy atom. The molecule has 1 aliphatic heterocycles. The van der Waals surface area contributed by atoms with E-state index in [2.05, 4.69) is 80.5 Å². The van der Waals surface area contributed by atoms with Gasteiger partial charge in [0.05, 0.1) is 5.69 Å². The van der Waals surface area contributed by atoms with Crippen LogP contribution in [0.15, 0.2) is 84.9 Å². The lowest BCUT2D eigenvalue weighted by molar-refractivity contribution is 0.0849. The lowest BCUT2D eigenvalue weighted by Crippen LogP contribution is -2.42. The van der Waals surface area contributed by atoms with Crippen LogP contribution in [0.2, 0.25) is 0 Å². The highest BCUT2D eigenvalue weighted by Gasteiger charge is 2.41. The molecule has 0 spiro atoms. The topological polar surface area (TPSA) is 71.5 Å². The van der Waals surface area contributed by atoms with Crippen LogP contribution >= 0.6 is 0 Å². The number of benzene rings is 7. The molecule has 5 nitrogen and oxygen atoms in total. The van der Waals surface area contributed by atoms with Gasteiger partial charge in [0.1, 0.15) is 5.92 Å². The van der Waals surface area contributed by atoms with Crippen LogP contribution in [0.25, 0.3) is 43.1 Å². The normalized spacial score (nSPS) is 15.5. The lowest BCUT2D eigenvalue weighted by atomic mass is 9.73. The Hall–Kier alpha value is -5.68. The van der Waals surface area contributed by atoms with Crippen molar-refractivity contribution >= 4 is 72.2 Å². The number of carbonyl (C=O) groups excluding carboxylic acids is 4. The number of imide groups is 1. The number of nitrogens with zero attached hydrogens (tertiary/aromatic N) is 1. The molecule has 9 rings (SSSR count). The van der Waals surface area contributed by atoms with Crippen LogP contribution in [0.4, 0.5) is 5.69 Å². The Kier molecular flexibility index (Phi) is 7.13. The van der Waals surface area contributed by atoms with Crippen LogP contribution < -0.4 is 4.90 Å². The van der Waals surface area contributed by atoms with Gasteiger partial charge in [0.2, 0.25) is 0 Å². The zero-order valence-corrected chi connectivity index (χ0v) is 33.2. The average Bonchev–Trinajstić information content (AvgIpc) is 3.11. The second-order valence-electron chi connectivity index (χ2n) is 18.8. The number of hydrogen-bond acceptors (Lipinski definition) is 4. The summed E-state index contributed by atoms with van der Waals surface area (Å²) in [6.45, 7) is 21.0. The van der Waals surface area contributed by atoms with Gasteiger partial charge in [-0.25, -0.2) is 4.90 Å². The summed E-state index contributed by atoms with van der Waals surface area (Å²) >= 11 is 0. The molecule has 0 bridgehead atoms. The van der Waals surface area contributed by atoms with Crippen molar-refractivity contribution in [2.75, 3.05) is 4.90 Å². The molecular weight excluding hydrogens is 679 g/mol. The van der Waals surface area contributed by atoms with Gasteiger partial charge in [-0.3, -0.25) is 19.2 Å². The molecular formula is C50H45NO4. The van der Waals surface area contributed by atoms with Gasteiger partial charge in [0, 0.05) is 33.0 Å².